The van der Waals surface area contributed by atoms with Gasteiger partial charge in [0.2, 0.25) is 0 Å². The van der Waals surface area contributed by atoms with Gasteiger partial charge >= 0.3 is 0 Å². The lowest BCUT2D eigenvalue weighted by Gasteiger charge is -2.28. The third-order valence-corrected chi connectivity index (χ3v) is 6.47. The summed E-state index contributed by atoms with van der Waals surface area (Å²) in [6.45, 7) is 2.15. The number of sulfone groups is 1. The fraction of sp³-hybridized carbons (Fsp3) is 0.316. The lowest BCUT2D eigenvalue weighted by molar-refractivity contribution is -0.385. The standard InChI is InChI=1S/C19H20N2O5S/c1-14-6-8-15(9-7-14)12-20(16-10-11-27(25,26)13-16)19(22)17-4-2-3-5-18(17)21(23)24/h2-9,16H,10-13H2,1H3/t16-/m0/s1. The van der Waals surface area contributed by atoms with Crippen LogP contribution in [0.25, 0.3) is 0 Å². The Kier molecular flexibility index (Phi) is 5.27. The molecule has 0 N–H and O–H groups in total. The summed E-state index contributed by atoms with van der Waals surface area (Å²) in [5.41, 5.74) is 1.60. The maximum absolute atomic E-state index is 13.2. The van der Waals surface area contributed by atoms with Gasteiger partial charge in [-0.1, -0.05) is 42.0 Å². The average Bonchev–Trinajstić information content (AvgIpc) is 3.00. The molecule has 0 saturated carbocycles. The number of carbonyl (C=O) groups is 1. The average molecular weight is 388 g/mol. The SMILES string of the molecule is Cc1ccc(CN(C(=O)c2ccccc2[N+](=O)[O-])[C@H]2CCS(=O)(=O)C2)cc1. The summed E-state index contributed by atoms with van der Waals surface area (Å²) in [5, 5.41) is 11.3. The minimum Gasteiger partial charge on any atom is -0.330 e. The highest BCUT2D eigenvalue weighted by atomic mass is 32.2. The molecular weight excluding hydrogens is 368 g/mol. The second kappa shape index (κ2) is 7.48. The minimum absolute atomic E-state index is 0.0201. The van der Waals surface area contributed by atoms with Gasteiger partial charge in [0.05, 0.1) is 16.4 Å². The molecule has 1 heterocycles. The number of hydrogen-bond acceptors (Lipinski definition) is 5. The molecule has 2 aromatic carbocycles. The van der Waals surface area contributed by atoms with Crippen molar-refractivity contribution in [2.45, 2.75) is 25.9 Å². The molecule has 1 saturated heterocycles. The number of nitrogens with zero attached hydrogens (tertiary/aromatic N) is 2. The molecule has 1 amide bonds. The maximum atomic E-state index is 13.2. The Labute approximate surface area is 157 Å². The molecule has 0 spiro atoms. The minimum atomic E-state index is -3.21. The van der Waals surface area contributed by atoms with Crippen LogP contribution in [-0.4, -0.2) is 41.7 Å². The second-order valence-electron chi connectivity index (χ2n) is 6.75. The van der Waals surface area contributed by atoms with E-state index in [9.17, 15) is 23.3 Å². The lowest BCUT2D eigenvalue weighted by atomic mass is 10.1. The molecule has 0 aliphatic carbocycles. The summed E-state index contributed by atoms with van der Waals surface area (Å²) in [7, 11) is -3.21. The van der Waals surface area contributed by atoms with E-state index in [2.05, 4.69) is 0 Å². The molecule has 1 aliphatic heterocycles. The fourth-order valence-electron chi connectivity index (χ4n) is 3.25. The van der Waals surface area contributed by atoms with Gasteiger partial charge in [-0.2, -0.15) is 0 Å². The first-order valence-corrected chi connectivity index (χ1v) is 10.4. The van der Waals surface area contributed by atoms with Crippen molar-refractivity contribution in [1.29, 1.82) is 0 Å². The number of nitro benzene ring substituents is 1. The van der Waals surface area contributed by atoms with Crippen molar-refractivity contribution in [3.8, 4) is 0 Å². The topological polar surface area (TPSA) is 97.6 Å². The van der Waals surface area contributed by atoms with Gasteiger partial charge in [-0.3, -0.25) is 14.9 Å². The molecule has 0 bridgehead atoms. The Morgan fingerprint density at radius 3 is 2.44 bits per heavy atom. The summed E-state index contributed by atoms with van der Waals surface area (Å²) < 4.78 is 23.9. The fourth-order valence-corrected chi connectivity index (χ4v) is 4.98. The zero-order chi connectivity index (χ0) is 19.6. The largest absolute Gasteiger partial charge is 0.330 e. The van der Waals surface area contributed by atoms with Crippen molar-refractivity contribution in [1.82, 2.24) is 4.90 Å². The van der Waals surface area contributed by atoms with E-state index in [1.54, 1.807) is 6.07 Å². The van der Waals surface area contributed by atoms with Crippen LogP contribution in [0.5, 0.6) is 0 Å². The Morgan fingerprint density at radius 2 is 1.85 bits per heavy atom. The lowest BCUT2D eigenvalue weighted by Crippen LogP contribution is -2.40. The van der Waals surface area contributed by atoms with E-state index in [-0.39, 0.29) is 29.3 Å². The Hall–Kier alpha value is -2.74. The zero-order valence-electron chi connectivity index (χ0n) is 14.9. The molecule has 27 heavy (non-hydrogen) atoms. The zero-order valence-corrected chi connectivity index (χ0v) is 15.7. The monoisotopic (exact) mass is 388 g/mol. The summed E-state index contributed by atoms with van der Waals surface area (Å²) in [4.78, 5) is 25.3. The van der Waals surface area contributed by atoms with E-state index in [1.807, 2.05) is 31.2 Å². The molecule has 8 heteroatoms. The second-order valence-corrected chi connectivity index (χ2v) is 8.98. The molecular formula is C19H20N2O5S. The number of para-hydroxylation sites is 1. The summed E-state index contributed by atoms with van der Waals surface area (Å²) in [5.74, 6) is -0.623. The summed E-state index contributed by atoms with van der Waals surface area (Å²) in [6, 6.07) is 12.8. The smallest absolute Gasteiger partial charge is 0.282 e. The number of hydrogen-bond donors (Lipinski definition) is 0. The van der Waals surface area contributed by atoms with Gasteiger partial charge in [0, 0.05) is 18.7 Å². The van der Waals surface area contributed by atoms with Gasteiger partial charge in [-0.05, 0) is 25.0 Å². The molecule has 1 aliphatic rings. The van der Waals surface area contributed by atoms with E-state index in [1.165, 1.54) is 23.1 Å². The first-order chi connectivity index (χ1) is 12.8. The van der Waals surface area contributed by atoms with Crippen LogP contribution in [-0.2, 0) is 16.4 Å². The van der Waals surface area contributed by atoms with Crippen molar-refractivity contribution in [2.75, 3.05) is 11.5 Å². The first-order valence-electron chi connectivity index (χ1n) is 8.57. The first kappa shape index (κ1) is 19.0. The van der Waals surface area contributed by atoms with E-state index < -0.39 is 26.7 Å². The van der Waals surface area contributed by atoms with Crippen LogP contribution in [0.15, 0.2) is 48.5 Å². The van der Waals surface area contributed by atoms with E-state index in [4.69, 9.17) is 0 Å². The van der Waals surface area contributed by atoms with Crippen LogP contribution < -0.4 is 0 Å². The van der Waals surface area contributed by atoms with Gasteiger partial charge in [-0.25, -0.2) is 8.42 Å². The quantitative estimate of drug-likeness (QED) is 0.579. The summed E-state index contributed by atoms with van der Waals surface area (Å²) >= 11 is 0. The molecule has 7 nitrogen and oxygen atoms in total. The van der Waals surface area contributed by atoms with Crippen molar-refractivity contribution in [3.63, 3.8) is 0 Å². The van der Waals surface area contributed by atoms with Crippen LogP contribution in [0.1, 0.15) is 27.9 Å². The summed E-state index contributed by atoms with van der Waals surface area (Å²) in [6.07, 6.45) is 0.334. The molecule has 1 atom stereocenters. The van der Waals surface area contributed by atoms with Crippen molar-refractivity contribution >= 4 is 21.4 Å². The van der Waals surface area contributed by atoms with Gasteiger partial charge in [0.1, 0.15) is 5.56 Å². The van der Waals surface area contributed by atoms with Crippen LogP contribution in [0.2, 0.25) is 0 Å². The number of aryl methyl sites for hydroxylation is 1. The molecule has 1 fully saturated rings. The Bertz CT molecular complexity index is 970. The highest BCUT2D eigenvalue weighted by Crippen LogP contribution is 2.26. The van der Waals surface area contributed by atoms with E-state index in [0.717, 1.165) is 11.1 Å². The molecule has 3 rings (SSSR count). The number of rotatable bonds is 5. The molecule has 2 aromatic rings. The van der Waals surface area contributed by atoms with Crippen LogP contribution in [0, 0.1) is 17.0 Å². The van der Waals surface area contributed by atoms with Gasteiger partial charge in [0.25, 0.3) is 11.6 Å². The normalized spacial score (nSPS) is 18.2. The Balaban J connectivity index is 1.97. The van der Waals surface area contributed by atoms with E-state index in [0.29, 0.717) is 6.42 Å². The van der Waals surface area contributed by atoms with Crippen molar-refractivity contribution in [3.05, 3.63) is 75.3 Å². The molecule has 142 valence electrons. The van der Waals surface area contributed by atoms with Crippen LogP contribution in [0.4, 0.5) is 5.69 Å². The predicted octanol–water partition coefficient (Wildman–Crippen LogP) is 2.73. The third kappa shape index (κ3) is 4.33. The number of amides is 1. The Morgan fingerprint density at radius 1 is 1.19 bits per heavy atom. The molecule has 0 radical (unpaired) electrons. The predicted molar refractivity (Wildman–Crippen MR) is 101 cm³/mol. The van der Waals surface area contributed by atoms with Gasteiger partial charge in [0.15, 0.2) is 9.84 Å². The molecule has 0 unspecified atom stereocenters. The number of benzene rings is 2. The number of carbonyl (C=O) groups excluding carboxylic acids is 1. The van der Waals surface area contributed by atoms with E-state index >= 15 is 0 Å². The van der Waals surface area contributed by atoms with Gasteiger partial charge < -0.3 is 4.90 Å². The maximum Gasteiger partial charge on any atom is 0.282 e. The molecule has 0 aromatic heterocycles. The number of nitro groups is 1. The highest BCUT2D eigenvalue weighted by Gasteiger charge is 2.36. The highest BCUT2D eigenvalue weighted by molar-refractivity contribution is 7.91. The van der Waals surface area contributed by atoms with Crippen LogP contribution in [0.3, 0.4) is 0 Å². The third-order valence-electron chi connectivity index (χ3n) is 4.71. The van der Waals surface area contributed by atoms with Crippen LogP contribution >= 0.6 is 0 Å². The van der Waals surface area contributed by atoms with Crippen molar-refractivity contribution < 1.29 is 18.1 Å². The van der Waals surface area contributed by atoms with Gasteiger partial charge in [-0.15, -0.1) is 0 Å². The van der Waals surface area contributed by atoms with Crippen molar-refractivity contribution in [2.24, 2.45) is 0 Å².